The van der Waals surface area contributed by atoms with Gasteiger partial charge >= 0.3 is 0 Å². The second-order valence-electron chi connectivity index (χ2n) is 14.4. The van der Waals surface area contributed by atoms with Gasteiger partial charge in [-0.1, -0.05) is 170 Å². The molecule has 11 rings (SSSR count). The molecule has 10 aromatic carbocycles. The normalized spacial score (nSPS) is 11.6. The van der Waals surface area contributed by atoms with E-state index in [1.54, 1.807) is 0 Å². The van der Waals surface area contributed by atoms with Gasteiger partial charge in [0.05, 0.1) is 11.4 Å². The second kappa shape index (κ2) is 13.2. The van der Waals surface area contributed by atoms with E-state index in [-0.39, 0.29) is 0 Å². The van der Waals surface area contributed by atoms with Crippen molar-refractivity contribution in [3.63, 3.8) is 0 Å². The van der Waals surface area contributed by atoms with E-state index in [4.69, 9.17) is 4.42 Å². The monoisotopic (exact) mass is 713 g/mol. The molecular formula is C54H35NO. The summed E-state index contributed by atoms with van der Waals surface area (Å²) in [6.45, 7) is 0. The highest BCUT2D eigenvalue weighted by molar-refractivity contribution is 6.20. The van der Waals surface area contributed by atoms with Gasteiger partial charge in [-0.15, -0.1) is 0 Å². The summed E-state index contributed by atoms with van der Waals surface area (Å²) in [7, 11) is 0. The van der Waals surface area contributed by atoms with Gasteiger partial charge in [0.1, 0.15) is 11.2 Å². The van der Waals surface area contributed by atoms with Crippen LogP contribution in [0.4, 0.5) is 17.1 Å². The number of anilines is 3. The third-order valence-electron chi connectivity index (χ3n) is 11.2. The van der Waals surface area contributed by atoms with E-state index in [1.165, 1.54) is 49.4 Å². The molecular weight excluding hydrogens is 679 g/mol. The van der Waals surface area contributed by atoms with Crippen molar-refractivity contribution in [3.05, 3.63) is 212 Å². The van der Waals surface area contributed by atoms with Crippen LogP contribution >= 0.6 is 0 Å². The zero-order valence-corrected chi connectivity index (χ0v) is 30.6. The van der Waals surface area contributed by atoms with Crippen molar-refractivity contribution in [1.82, 2.24) is 0 Å². The molecule has 1 aromatic heterocycles. The largest absolute Gasteiger partial charge is 0.455 e. The predicted octanol–water partition coefficient (Wildman–Crippen LogP) is 15.5. The SMILES string of the molecule is c1cc(-c2ccc(N(c3ccccc3-c3cc4c5ccccc5oc4c4ccccc34)c3cccc4ccccc34)cc2)cc(-c2cccc3ccccc23)c1. The Labute approximate surface area is 325 Å². The predicted molar refractivity (Wildman–Crippen MR) is 237 cm³/mol. The first-order valence-electron chi connectivity index (χ1n) is 19.2. The number of furan rings is 1. The summed E-state index contributed by atoms with van der Waals surface area (Å²) >= 11 is 0. The van der Waals surface area contributed by atoms with Crippen LogP contribution in [0.2, 0.25) is 0 Å². The van der Waals surface area contributed by atoms with Crippen molar-refractivity contribution < 1.29 is 4.42 Å². The van der Waals surface area contributed by atoms with Gasteiger partial charge < -0.3 is 9.32 Å². The molecule has 262 valence electrons. The molecule has 0 saturated heterocycles. The topological polar surface area (TPSA) is 16.4 Å². The van der Waals surface area contributed by atoms with Crippen LogP contribution in [0.5, 0.6) is 0 Å². The summed E-state index contributed by atoms with van der Waals surface area (Å²) < 4.78 is 6.51. The summed E-state index contributed by atoms with van der Waals surface area (Å²) in [6, 6.07) is 76.5. The molecule has 2 heteroatoms. The molecule has 0 bridgehead atoms. The maximum Gasteiger partial charge on any atom is 0.143 e. The lowest BCUT2D eigenvalue weighted by atomic mass is 9.93. The Morgan fingerprint density at radius 2 is 0.875 bits per heavy atom. The van der Waals surface area contributed by atoms with Crippen LogP contribution in [0.1, 0.15) is 0 Å². The van der Waals surface area contributed by atoms with Crippen molar-refractivity contribution in [2.24, 2.45) is 0 Å². The van der Waals surface area contributed by atoms with Gasteiger partial charge in [-0.05, 0) is 91.8 Å². The Hall–Kier alpha value is -7.42. The number of rotatable bonds is 6. The maximum absolute atomic E-state index is 6.51. The van der Waals surface area contributed by atoms with Gasteiger partial charge in [0, 0.05) is 32.8 Å². The highest BCUT2D eigenvalue weighted by Crippen LogP contribution is 2.47. The van der Waals surface area contributed by atoms with Crippen LogP contribution in [0.15, 0.2) is 217 Å². The highest BCUT2D eigenvalue weighted by Gasteiger charge is 2.22. The molecule has 0 unspecified atom stereocenters. The van der Waals surface area contributed by atoms with Crippen molar-refractivity contribution >= 4 is 71.3 Å². The van der Waals surface area contributed by atoms with E-state index < -0.39 is 0 Å². The molecule has 0 N–H and O–H groups in total. The standard InChI is InChI=1S/C54H35NO/c1-3-20-42-37(14-1)16-12-26-43(42)40-19-11-18-39(34-40)36-30-32-41(33-31-36)55(51-28-13-17-38-15-2-4-21-44(38)51)52-27-9-7-23-46(52)49-35-50-47-24-8-10-29-53(47)56-54(50)48-25-6-5-22-45(48)49/h1-35H. The first-order chi connectivity index (χ1) is 27.8. The van der Waals surface area contributed by atoms with Gasteiger partial charge in [-0.2, -0.15) is 0 Å². The molecule has 2 nitrogen and oxygen atoms in total. The van der Waals surface area contributed by atoms with Crippen molar-refractivity contribution in [3.8, 4) is 33.4 Å². The molecule has 0 amide bonds. The van der Waals surface area contributed by atoms with Crippen LogP contribution in [-0.4, -0.2) is 0 Å². The van der Waals surface area contributed by atoms with E-state index in [2.05, 4.69) is 211 Å². The lowest BCUT2D eigenvalue weighted by Crippen LogP contribution is -2.11. The van der Waals surface area contributed by atoms with Gasteiger partial charge in [0.2, 0.25) is 0 Å². The fraction of sp³-hybridized carbons (Fsp3) is 0. The van der Waals surface area contributed by atoms with Gasteiger partial charge in [-0.25, -0.2) is 0 Å². The van der Waals surface area contributed by atoms with Crippen LogP contribution in [0, 0.1) is 0 Å². The van der Waals surface area contributed by atoms with E-state index >= 15 is 0 Å². The van der Waals surface area contributed by atoms with Crippen molar-refractivity contribution in [1.29, 1.82) is 0 Å². The molecule has 0 fully saturated rings. The smallest absolute Gasteiger partial charge is 0.143 e. The van der Waals surface area contributed by atoms with E-state index in [0.29, 0.717) is 0 Å². The van der Waals surface area contributed by atoms with Gasteiger partial charge in [0.25, 0.3) is 0 Å². The number of fused-ring (bicyclic) bond motifs is 7. The van der Waals surface area contributed by atoms with Crippen molar-refractivity contribution in [2.75, 3.05) is 4.90 Å². The average molecular weight is 714 g/mol. The van der Waals surface area contributed by atoms with Crippen molar-refractivity contribution in [2.45, 2.75) is 0 Å². The lowest BCUT2D eigenvalue weighted by Gasteiger charge is -2.29. The summed E-state index contributed by atoms with van der Waals surface area (Å²) in [5.41, 5.74) is 12.3. The zero-order valence-electron chi connectivity index (χ0n) is 30.6. The Morgan fingerprint density at radius 1 is 0.304 bits per heavy atom. The number of hydrogen-bond acceptors (Lipinski definition) is 2. The van der Waals surface area contributed by atoms with Gasteiger partial charge in [-0.3, -0.25) is 0 Å². The third-order valence-corrected chi connectivity index (χ3v) is 11.2. The third kappa shape index (κ3) is 5.26. The summed E-state index contributed by atoms with van der Waals surface area (Å²) in [5, 5.41) is 9.42. The zero-order chi connectivity index (χ0) is 37.0. The van der Waals surface area contributed by atoms with E-state index in [9.17, 15) is 0 Å². The molecule has 0 aliphatic rings. The Bertz CT molecular complexity index is 3250. The summed E-state index contributed by atoms with van der Waals surface area (Å²) in [4.78, 5) is 2.43. The lowest BCUT2D eigenvalue weighted by molar-refractivity contribution is 0.672. The highest BCUT2D eigenvalue weighted by atomic mass is 16.3. The Balaban J connectivity index is 1.09. The number of benzene rings is 10. The summed E-state index contributed by atoms with van der Waals surface area (Å²) in [6.07, 6.45) is 0. The molecule has 1 heterocycles. The molecule has 0 atom stereocenters. The molecule has 0 saturated carbocycles. The maximum atomic E-state index is 6.51. The second-order valence-corrected chi connectivity index (χ2v) is 14.4. The quantitative estimate of drug-likeness (QED) is 0.171. The summed E-state index contributed by atoms with van der Waals surface area (Å²) in [5.74, 6) is 0. The fourth-order valence-corrected chi connectivity index (χ4v) is 8.62. The van der Waals surface area contributed by atoms with Crippen LogP contribution < -0.4 is 4.90 Å². The minimum absolute atomic E-state index is 0.901. The van der Waals surface area contributed by atoms with E-state index in [1.807, 2.05) is 6.07 Å². The molecule has 0 aliphatic heterocycles. The minimum atomic E-state index is 0.901. The number of hydrogen-bond donors (Lipinski definition) is 0. The number of para-hydroxylation sites is 2. The molecule has 56 heavy (non-hydrogen) atoms. The van der Waals surface area contributed by atoms with E-state index in [0.717, 1.165) is 55.3 Å². The molecule has 11 aromatic rings. The first kappa shape index (κ1) is 32.0. The van der Waals surface area contributed by atoms with Gasteiger partial charge in [0.15, 0.2) is 0 Å². The van der Waals surface area contributed by atoms with Crippen LogP contribution in [0.3, 0.4) is 0 Å². The van der Waals surface area contributed by atoms with Crippen LogP contribution in [-0.2, 0) is 0 Å². The molecule has 0 aliphatic carbocycles. The Kier molecular flexibility index (Phi) is 7.53. The fourth-order valence-electron chi connectivity index (χ4n) is 8.62. The number of nitrogens with zero attached hydrogens (tertiary/aromatic N) is 1. The minimum Gasteiger partial charge on any atom is -0.455 e. The van der Waals surface area contributed by atoms with Crippen LogP contribution in [0.25, 0.3) is 87.6 Å². The first-order valence-corrected chi connectivity index (χ1v) is 19.2. The molecule has 0 spiro atoms. The Morgan fingerprint density at radius 3 is 1.71 bits per heavy atom. The average Bonchev–Trinajstić information content (AvgIpc) is 3.65. The molecule has 0 radical (unpaired) electrons.